The number of rotatable bonds is 9. The van der Waals surface area contributed by atoms with Crippen molar-refractivity contribution in [2.75, 3.05) is 31.2 Å². The van der Waals surface area contributed by atoms with Crippen LogP contribution in [0.1, 0.15) is 58.4 Å². The Hall–Kier alpha value is -4.39. The zero-order valence-corrected chi connectivity index (χ0v) is 24.0. The number of nitrogens with zero attached hydrogens (tertiary/aromatic N) is 7. The largest absolute Gasteiger partial charge is 0.381 e. The summed E-state index contributed by atoms with van der Waals surface area (Å²) in [5.41, 5.74) is 7.19. The van der Waals surface area contributed by atoms with E-state index in [1.807, 2.05) is 35.9 Å². The van der Waals surface area contributed by atoms with Gasteiger partial charge in [-0.15, -0.1) is 10.2 Å². The number of carbonyl (C=O) groups excluding carboxylic acids is 1. The molecule has 4 heterocycles. The Labute approximate surface area is 245 Å². The van der Waals surface area contributed by atoms with Crippen LogP contribution < -0.4 is 4.90 Å². The first-order valence-electron chi connectivity index (χ1n) is 14.7. The van der Waals surface area contributed by atoms with E-state index >= 15 is 0 Å². The van der Waals surface area contributed by atoms with Gasteiger partial charge in [0, 0.05) is 48.8 Å². The summed E-state index contributed by atoms with van der Waals surface area (Å²) in [4.78, 5) is 23.1. The summed E-state index contributed by atoms with van der Waals surface area (Å²) in [6, 6.07) is 18.3. The molecule has 9 heteroatoms. The topological polar surface area (TPSA) is 100 Å². The summed E-state index contributed by atoms with van der Waals surface area (Å²) in [7, 11) is 1.89. The fraction of sp³-hybridized carbons (Fsp3) is 0.364. The number of pyridine rings is 1. The van der Waals surface area contributed by atoms with Crippen LogP contribution in [-0.4, -0.2) is 56.9 Å². The molecule has 0 spiro atoms. The highest BCUT2D eigenvalue weighted by Crippen LogP contribution is 2.43. The molecule has 2 aromatic carbocycles. The summed E-state index contributed by atoms with van der Waals surface area (Å²) in [6.45, 7) is 7.14. The summed E-state index contributed by atoms with van der Waals surface area (Å²) >= 11 is 0. The lowest BCUT2D eigenvalue weighted by atomic mass is 9.96. The standard InChI is InChI=1S/C33H33N7O2/c1-3-39(16-23-18-42-19-23)15-22-4-6-25-17-40(33(41)28(25)11-22)31-13-26(12-30(36-31)24-7-8-24)27-9-5-21(14-34)10-29(27)32-37-35-20-38(32)2/h4-6,9-13,20,23-24H,3,7-8,15-19H2,1-2H3. The van der Waals surface area contributed by atoms with Gasteiger partial charge in [0.15, 0.2) is 5.82 Å². The highest BCUT2D eigenvalue weighted by Gasteiger charge is 2.33. The molecule has 42 heavy (non-hydrogen) atoms. The molecule has 2 fully saturated rings. The minimum atomic E-state index is -0.0120. The van der Waals surface area contributed by atoms with Crippen LogP contribution in [0, 0.1) is 17.2 Å². The Bertz CT molecular complexity index is 1710. The monoisotopic (exact) mass is 559 g/mol. The number of aromatic nitrogens is 4. The second kappa shape index (κ2) is 10.8. The third kappa shape index (κ3) is 4.97. The Kier molecular flexibility index (Phi) is 6.81. The molecule has 3 aliphatic rings. The van der Waals surface area contributed by atoms with Crippen LogP contribution in [0.25, 0.3) is 22.5 Å². The van der Waals surface area contributed by atoms with E-state index in [9.17, 15) is 10.1 Å². The number of hydrogen-bond acceptors (Lipinski definition) is 7. The lowest BCUT2D eigenvalue weighted by Crippen LogP contribution is -2.39. The van der Waals surface area contributed by atoms with Crippen molar-refractivity contribution in [3.63, 3.8) is 0 Å². The van der Waals surface area contributed by atoms with Crippen LogP contribution >= 0.6 is 0 Å². The number of amides is 1. The van der Waals surface area contributed by atoms with E-state index in [1.54, 1.807) is 11.2 Å². The van der Waals surface area contributed by atoms with Gasteiger partial charge >= 0.3 is 0 Å². The van der Waals surface area contributed by atoms with Crippen LogP contribution in [0.2, 0.25) is 0 Å². The smallest absolute Gasteiger partial charge is 0.260 e. The summed E-state index contributed by atoms with van der Waals surface area (Å²) < 4.78 is 7.21. The maximum absolute atomic E-state index is 13.9. The average molecular weight is 560 g/mol. The minimum absolute atomic E-state index is 0.0120. The van der Waals surface area contributed by atoms with Gasteiger partial charge in [-0.05, 0) is 72.0 Å². The molecule has 1 aliphatic carbocycles. The third-order valence-electron chi connectivity index (χ3n) is 8.57. The van der Waals surface area contributed by atoms with Crippen LogP contribution in [0.4, 0.5) is 5.82 Å². The number of ether oxygens (including phenoxy) is 1. The van der Waals surface area contributed by atoms with Gasteiger partial charge in [0.25, 0.3) is 5.91 Å². The van der Waals surface area contributed by atoms with E-state index < -0.39 is 0 Å². The van der Waals surface area contributed by atoms with Crippen LogP contribution in [0.5, 0.6) is 0 Å². The first-order valence-corrected chi connectivity index (χ1v) is 14.7. The molecule has 4 aromatic rings. The van der Waals surface area contributed by atoms with E-state index in [0.29, 0.717) is 35.6 Å². The van der Waals surface area contributed by atoms with Gasteiger partial charge in [-0.1, -0.05) is 25.1 Å². The van der Waals surface area contributed by atoms with Gasteiger partial charge in [-0.25, -0.2) is 4.98 Å². The van der Waals surface area contributed by atoms with E-state index in [1.165, 1.54) is 0 Å². The predicted octanol–water partition coefficient (Wildman–Crippen LogP) is 4.92. The van der Waals surface area contributed by atoms with Crippen LogP contribution in [0.3, 0.4) is 0 Å². The zero-order valence-electron chi connectivity index (χ0n) is 24.0. The maximum atomic E-state index is 13.9. The van der Waals surface area contributed by atoms with Crippen molar-refractivity contribution in [3.05, 3.63) is 82.8 Å². The molecule has 0 N–H and O–H groups in total. The van der Waals surface area contributed by atoms with Crippen molar-refractivity contribution in [1.29, 1.82) is 5.26 Å². The second-order valence-corrected chi connectivity index (χ2v) is 11.7. The SMILES string of the molecule is CCN(Cc1ccc2c(c1)C(=O)N(c1cc(-c3ccc(C#N)cc3-c3nncn3C)cc(C3CC3)n1)C2)CC1COC1. The van der Waals surface area contributed by atoms with Crippen molar-refractivity contribution in [3.8, 4) is 28.6 Å². The van der Waals surface area contributed by atoms with Gasteiger partial charge in [0.05, 0.1) is 31.4 Å². The molecule has 0 unspecified atom stereocenters. The highest BCUT2D eigenvalue weighted by molar-refractivity contribution is 6.10. The molecule has 1 amide bonds. The predicted molar refractivity (Wildman–Crippen MR) is 159 cm³/mol. The van der Waals surface area contributed by atoms with Crippen LogP contribution in [-0.2, 0) is 24.9 Å². The van der Waals surface area contributed by atoms with E-state index in [2.05, 4.69) is 52.4 Å². The Morgan fingerprint density at radius 2 is 1.93 bits per heavy atom. The molecule has 2 aromatic heterocycles. The molecule has 212 valence electrons. The fourth-order valence-corrected chi connectivity index (χ4v) is 5.95. The average Bonchev–Trinajstić information content (AvgIpc) is 3.68. The molecule has 0 bridgehead atoms. The number of aryl methyl sites for hydroxylation is 1. The number of benzene rings is 2. The fourth-order valence-electron chi connectivity index (χ4n) is 5.95. The molecule has 7 rings (SSSR count). The molecule has 2 aliphatic heterocycles. The molecule has 9 nitrogen and oxygen atoms in total. The Morgan fingerprint density at radius 3 is 2.62 bits per heavy atom. The minimum Gasteiger partial charge on any atom is -0.381 e. The van der Waals surface area contributed by atoms with Crippen molar-refractivity contribution >= 4 is 11.7 Å². The van der Waals surface area contributed by atoms with Gasteiger partial charge in [0.1, 0.15) is 12.1 Å². The van der Waals surface area contributed by atoms with E-state index in [4.69, 9.17) is 9.72 Å². The summed E-state index contributed by atoms with van der Waals surface area (Å²) in [5, 5.41) is 18.0. The number of carbonyl (C=O) groups is 1. The summed E-state index contributed by atoms with van der Waals surface area (Å²) in [5.74, 6) is 2.32. The lowest BCUT2D eigenvalue weighted by molar-refractivity contribution is -0.0468. The first kappa shape index (κ1) is 26.5. The number of hydrogen-bond donors (Lipinski definition) is 0. The Balaban J connectivity index is 1.22. The van der Waals surface area contributed by atoms with Crippen LogP contribution in [0.15, 0.2) is 54.9 Å². The normalized spacial score (nSPS) is 16.5. The third-order valence-corrected chi connectivity index (χ3v) is 8.57. The molecule has 0 atom stereocenters. The van der Waals surface area contributed by atoms with Crippen molar-refractivity contribution in [2.24, 2.45) is 13.0 Å². The molecular formula is C33H33N7O2. The quantitative estimate of drug-likeness (QED) is 0.287. The second-order valence-electron chi connectivity index (χ2n) is 11.7. The molecule has 1 saturated heterocycles. The van der Waals surface area contributed by atoms with E-state index in [-0.39, 0.29) is 5.91 Å². The molecule has 1 saturated carbocycles. The van der Waals surface area contributed by atoms with Crippen molar-refractivity contribution < 1.29 is 9.53 Å². The lowest BCUT2D eigenvalue weighted by Gasteiger charge is -2.31. The van der Waals surface area contributed by atoms with Gasteiger partial charge in [0.2, 0.25) is 0 Å². The van der Waals surface area contributed by atoms with Gasteiger partial charge in [-0.3, -0.25) is 14.6 Å². The first-order chi connectivity index (χ1) is 20.5. The van der Waals surface area contributed by atoms with Crippen molar-refractivity contribution in [1.82, 2.24) is 24.6 Å². The summed E-state index contributed by atoms with van der Waals surface area (Å²) in [6.07, 6.45) is 3.84. The Morgan fingerprint density at radius 1 is 1.07 bits per heavy atom. The maximum Gasteiger partial charge on any atom is 0.260 e. The number of anilines is 1. The molecule has 0 radical (unpaired) electrons. The van der Waals surface area contributed by atoms with Crippen molar-refractivity contribution in [2.45, 2.75) is 38.8 Å². The number of fused-ring (bicyclic) bond motifs is 1. The van der Waals surface area contributed by atoms with Gasteiger partial charge < -0.3 is 9.30 Å². The zero-order chi connectivity index (χ0) is 28.8. The highest BCUT2D eigenvalue weighted by atomic mass is 16.5. The molecular weight excluding hydrogens is 526 g/mol. The number of nitriles is 1. The van der Waals surface area contributed by atoms with E-state index in [0.717, 1.165) is 84.8 Å². The van der Waals surface area contributed by atoms with Gasteiger partial charge in [-0.2, -0.15) is 5.26 Å².